The molecule has 1 unspecified atom stereocenters. The van der Waals surface area contributed by atoms with Crippen LogP contribution in [0.1, 0.15) is 26.3 Å². The van der Waals surface area contributed by atoms with Crippen LogP contribution in [0.15, 0.2) is 54.6 Å². The molecule has 0 bridgehead atoms. The van der Waals surface area contributed by atoms with E-state index in [-0.39, 0.29) is 0 Å². The Hall–Kier alpha value is -3.35. The van der Waals surface area contributed by atoms with E-state index in [1.54, 1.807) is 56.3 Å². The largest absolute Gasteiger partial charge is 0.494 e. The number of rotatable bonds is 7. The summed E-state index contributed by atoms with van der Waals surface area (Å²) in [5, 5.41) is 0. The first-order valence-electron chi connectivity index (χ1n) is 8.83. The highest BCUT2D eigenvalue weighted by atomic mass is 19.1. The third-order valence-electron chi connectivity index (χ3n) is 3.77. The van der Waals surface area contributed by atoms with Crippen molar-refractivity contribution in [1.29, 1.82) is 0 Å². The van der Waals surface area contributed by atoms with Gasteiger partial charge in [0.15, 0.2) is 6.10 Å². The van der Waals surface area contributed by atoms with Crippen LogP contribution in [-0.4, -0.2) is 24.5 Å². The zero-order valence-corrected chi connectivity index (χ0v) is 16.0. The normalized spacial score (nSPS) is 12.1. The van der Waals surface area contributed by atoms with Gasteiger partial charge in [-0.1, -0.05) is 18.2 Å². The SMILES string of the molecule is CCOc1ccc(OC(C)C(=O)NNC(=O)/C=C(/C)c2ccccc2F)cc1. The summed E-state index contributed by atoms with van der Waals surface area (Å²) in [5.41, 5.74) is 5.29. The fourth-order valence-corrected chi connectivity index (χ4v) is 2.36. The number of benzene rings is 2. The molecule has 2 aromatic rings. The molecule has 0 aliphatic rings. The van der Waals surface area contributed by atoms with Crippen LogP contribution in [0, 0.1) is 5.82 Å². The Labute approximate surface area is 163 Å². The second-order valence-corrected chi connectivity index (χ2v) is 5.95. The highest BCUT2D eigenvalue weighted by Gasteiger charge is 2.15. The molecule has 2 aromatic carbocycles. The van der Waals surface area contributed by atoms with Crippen molar-refractivity contribution >= 4 is 17.4 Å². The standard InChI is InChI=1S/C21H23FN2O4/c1-4-27-16-9-11-17(12-10-16)28-15(3)21(26)24-23-20(25)13-14(2)18-7-5-6-8-19(18)22/h5-13,15H,4H2,1-3H3,(H,23,25)(H,24,26)/b14-13-. The Morgan fingerprint density at radius 2 is 1.71 bits per heavy atom. The van der Waals surface area contributed by atoms with E-state index in [2.05, 4.69) is 10.9 Å². The van der Waals surface area contributed by atoms with E-state index >= 15 is 0 Å². The van der Waals surface area contributed by atoms with Gasteiger partial charge in [-0.25, -0.2) is 4.39 Å². The first-order chi connectivity index (χ1) is 13.4. The average Bonchev–Trinajstić information content (AvgIpc) is 2.68. The van der Waals surface area contributed by atoms with Gasteiger partial charge in [-0.15, -0.1) is 0 Å². The first-order valence-corrected chi connectivity index (χ1v) is 8.83. The van der Waals surface area contributed by atoms with Crippen molar-refractivity contribution in [2.24, 2.45) is 0 Å². The van der Waals surface area contributed by atoms with Crippen molar-refractivity contribution in [3.8, 4) is 11.5 Å². The van der Waals surface area contributed by atoms with E-state index in [4.69, 9.17) is 9.47 Å². The number of hydrogen-bond donors (Lipinski definition) is 2. The number of carbonyl (C=O) groups excluding carboxylic acids is 2. The van der Waals surface area contributed by atoms with Crippen molar-refractivity contribution in [2.45, 2.75) is 26.9 Å². The van der Waals surface area contributed by atoms with Crippen LogP contribution < -0.4 is 20.3 Å². The number of nitrogens with one attached hydrogen (secondary N) is 2. The molecule has 0 aromatic heterocycles. The highest BCUT2D eigenvalue weighted by Crippen LogP contribution is 2.19. The van der Waals surface area contributed by atoms with E-state index < -0.39 is 23.7 Å². The molecule has 6 nitrogen and oxygen atoms in total. The Morgan fingerprint density at radius 1 is 1.07 bits per heavy atom. The highest BCUT2D eigenvalue weighted by molar-refractivity contribution is 5.96. The van der Waals surface area contributed by atoms with Gasteiger partial charge in [0.25, 0.3) is 11.8 Å². The van der Waals surface area contributed by atoms with E-state index in [1.807, 2.05) is 6.92 Å². The summed E-state index contributed by atoms with van der Waals surface area (Å²) in [7, 11) is 0. The van der Waals surface area contributed by atoms with Gasteiger partial charge in [0.1, 0.15) is 17.3 Å². The predicted molar refractivity (Wildman–Crippen MR) is 104 cm³/mol. The molecule has 0 spiro atoms. The maximum Gasteiger partial charge on any atom is 0.279 e. The Morgan fingerprint density at radius 3 is 2.36 bits per heavy atom. The van der Waals surface area contributed by atoms with Gasteiger partial charge in [0.2, 0.25) is 0 Å². The van der Waals surface area contributed by atoms with Crippen LogP contribution in [0.3, 0.4) is 0 Å². The van der Waals surface area contributed by atoms with Crippen molar-refractivity contribution in [1.82, 2.24) is 10.9 Å². The third kappa shape index (κ3) is 6.12. The number of hydrogen-bond acceptors (Lipinski definition) is 4. The molecule has 2 rings (SSSR count). The predicted octanol–water partition coefficient (Wildman–Crippen LogP) is 3.24. The van der Waals surface area contributed by atoms with E-state index in [1.165, 1.54) is 12.1 Å². The minimum atomic E-state index is -0.838. The first kappa shape index (κ1) is 21.0. The molecule has 0 aliphatic heterocycles. The summed E-state index contributed by atoms with van der Waals surface area (Å²) < 4.78 is 24.6. The molecule has 0 heterocycles. The van der Waals surface area contributed by atoms with Crippen molar-refractivity contribution < 1.29 is 23.5 Å². The number of halogens is 1. The lowest BCUT2D eigenvalue weighted by Crippen LogP contribution is -2.46. The van der Waals surface area contributed by atoms with E-state index in [9.17, 15) is 14.0 Å². The zero-order valence-electron chi connectivity index (χ0n) is 16.0. The zero-order chi connectivity index (χ0) is 20.5. The summed E-state index contributed by atoms with van der Waals surface area (Å²) >= 11 is 0. The molecule has 2 N–H and O–H groups in total. The van der Waals surface area contributed by atoms with Gasteiger partial charge in [0, 0.05) is 11.6 Å². The lowest BCUT2D eigenvalue weighted by atomic mass is 10.1. The van der Waals surface area contributed by atoms with Gasteiger partial charge in [-0.2, -0.15) is 0 Å². The molecule has 0 aliphatic carbocycles. The Bertz CT molecular complexity index is 850. The summed E-state index contributed by atoms with van der Waals surface area (Å²) in [6, 6.07) is 13.0. The maximum atomic E-state index is 13.7. The number of hydrazine groups is 1. The van der Waals surface area contributed by atoms with Gasteiger partial charge in [0.05, 0.1) is 6.61 Å². The fraction of sp³-hybridized carbons (Fsp3) is 0.238. The van der Waals surface area contributed by atoms with E-state index in [0.717, 1.165) is 0 Å². The number of carbonyl (C=O) groups is 2. The summed E-state index contributed by atoms with van der Waals surface area (Å²) in [4.78, 5) is 24.0. The van der Waals surface area contributed by atoms with Gasteiger partial charge in [-0.05, 0) is 56.7 Å². The second-order valence-electron chi connectivity index (χ2n) is 5.95. The lowest BCUT2D eigenvalue weighted by molar-refractivity contribution is -0.131. The van der Waals surface area contributed by atoms with E-state index in [0.29, 0.717) is 29.2 Å². The molecule has 148 valence electrons. The lowest BCUT2D eigenvalue weighted by Gasteiger charge is -2.15. The Kier molecular flexibility index (Phi) is 7.56. The molecule has 7 heteroatoms. The van der Waals surface area contributed by atoms with Crippen LogP contribution in [0.2, 0.25) is 0 Å². The Balaban J connectivity index is 1.85. The van der Waals surface area contributed by atoms with Crippen LogP contribution in [-0.2, 0) is 9.59 Å². The van der Waals surface area contributed by atoms with Crippen LogP contribution in [0.5, 0.6) is 11.5 Å². The van der Waals surface area contributed by atoms with Crippen molar-refractivity contribution in [2.75, 3.05) is 6.61 Å². The average molecular weight is 386 g/mol. The van der Waals surface area contributed by atoms with Crippen LogP contribution in [0.25, 0.3) is 5.57 Å². The quantitative estimate of drug-likeness (QED) is 0.566. The molecule has 1 atom stereocenters. The fourth-order valence-electron chi connectivity index (χ4n) is 2.36. The summed E-state index contributed by atoms with van der Waals surface area (Å²) in [5.74, 6) is -0.337. The topological polar surface area (TPSA) is 76.7 Å². The number of amides is 2. The summed E-state index contributed by atoms with van der Waals surface area (Å²) in [6.07, 6.45) is 0.367. The molecule has 28 heavy (non-hydrogen) atoms. The third-order valence-corrected chi connectivity index (χ3v) is 3.77. The molecule has 0 radical (unpaired) electrons. The molecule has 0 saturated carbocycles. The summed E-state index contributed by atoms with van der Waals surface area (Å²) in [6.45, 7) is 5.61. The van der Waals surface area contributed by atoms with Gasteiger partial charge >= 0.3 is 0 Å². The number of ether oxygens (including phenoxy) is 2. The van der Waals surface area contributed by atoms with Gasteiger partial charge in [-0.3, -0.25) is 20.4 Å². The van der Waals surface area contributed by atoms with Crippen LogP contribution in [0.4, 0.5) is 4.39 Å². The molecule has 0 saturated heterocycles. The van der Waals surface area contributed by atoms with Crippen molar-refractivity contribution in [3.05, 3.63) is 66.0 Å². The smallest absolute Gasteiger partial charge is 0.279 e. The van der Waals surface area contributed by atoms with Crippen LogP contribution >= 0.6 is 0 Å². The minimum Gasteiger partial charge on any atom is -0.494 e. The number of allylic oxidation sites excluding steroid dienone is 1. The van der Waals surface area contributed by atoms with Gasteiger partial charge < -0.3 is 9.47 Å². The second kappa shape index (κ2) is 10.1. The molecular weight excluding hydrogens is 363 g/mol. The van der Waals surface area contributed by atoms with Crippen molar-refractivity contribution in [3.63, 3.8) is 0 Å². The molecule has 2 amide bonds. The minimum absolute atomic E-state index is 0.316. The maximum absolute atomic E-state index is 13.7. The molecular formula is C21H23FN2O4. The molecule has 0 fully saturated rings. The monoisotopic (exact) mass is 386 g/mol.